The molecule has 0 spiro atoms. The molecule has 2 aliphatic heterocycles. The molecule has 4 rings (SSSR count). The Balaban J connectivity index is 1.89. The predicted molar refractivity (Wildman–Crippen MR) is 107 cm³/mol. The zero-order valence-electron chi connectivity index (χ0n) is 16.9. The van der Waals surface area contributed by atoms with Gasteiger partial charge in [0.2, 0.25) is 0 Å². The van der Waals surface area contributed by atoms with E-state index in [1.165, 1.54) is 0 Å². The van der Waals surface area contributed by atoms with Gasteiger partial charge in [0.25, 0.3) is 0 Å². The van der Waals surface area contributed by atoms with Gasteiger partial charge < -0.3 is 23.7 Å². The molecule has 0 aromatic heterocycles. The minimum absolute atomic E-state index is 0.307. The van der Waals surface area contributed by atoms with Crippen molar-refractivity contribution in [2.24, 2.45) is 0 Å². The summed E-state index contributed by atoms with van der Waals surface area (Å²) in [6, 6.07) is 12.0. The highest BCUT2D eigenvalue weighted by atomic mass is 16.6. The van der Waals surface area contributed by atoms with E-state index in [0.717, 1.165) is 22.4 Å². The summed E-state index contributed by atoms with van der Waals surface area (Å²) in [5.41, 5.74) is 2.37. The van der Waals surface area contributed by atoms with Crippen molar-refractivity contribution in [3.05, 3.63) is 59.2 Å². The first-order valence-electron chi connectivity index (χ1n) is 9.39. The minimum Gasteiger partial charge on any atom is -0.495 e. The molecule has 0 fully saturated rings. The maximum Gasteiger partial charge on any atom is 0.153 e. The second-order valence-corrected chi connectivity index (χ2v) is 7.58. The van der Waals surface area contributed by atoms with Crippen LogP contribution < -0.4 is 14.2 Å². The monoisotopic (exact) mass is 382 g/mol. The Hall–Kier alpha value is -2.50. The third kappa shape index (κ3) is 3.05. The lowest BCUT2D eigenvalue weighted by molar-refractivity contribution is -0.107. The van der Waals surface area contributed by atoms with Crippen molar-refractivity contribution in [3.8, 4) is 17.2 Å². The van der Waals surface area contributed by atoms with Gasteiger partial charge in [-0.2, -0.15) is 0 Å². The van der Waals surface area contributed by atoms with Crippen molar-refractivity contribution in [2.75, 3.05) is 21.3 Å². The molecule has 0 N–H and O–H groups in total. The minimum atomic E-state index is -0.393. The molecule has 2 heterocycles. The van der Waals surface area contributed by atoms with Gasteiger partial charge in [-0.1, -0.05) is 30.3 Å². The third-order valence-corrected chi connectivity index (χ3v) is 5.30. The van der Waals surface area contributed by atoms with E-state index in [1.54, 1.807) is 21.3 Å². The van der Waals surface area contributed by atoms with Gasteiger partial charge >= 0.3 is 0 Å². The molecule has 0 radical (unpaired) electrons. The normalized spacial score (nSPS) is 24.5. The predicted octanol–water partition coefficient (Wildman–Crippen LogP) is 4.72. The molecule has 2 aliphatic rings. The van der Waals surface area contributed by atoms with Crippen LogP contribution in [0.5, 0.6) is 17.2 Å². The molecule has 2 aromatic carbocycles. The van der Waals surface area contributed by atoms with E-state index in [0.29, 0.717) is 11.5 Å². The molecule has 0 unspecified atom stereocenters. The van der Waals surface area contributed by atoms with Crippen molar-refractivity contribution in [1.82, 2.24) is 0 Å². The zero-order valence-corrected chi connectivity index (χ0v) is 16.9. The molecule has 148 valence electrons. The van der Waals surface area contributed by atoms with Crippen LogP contribution in [0, 0.1) is 0 Å². The summed E-state index contributed by atoms with van der Waals surface area (Å²) >= 11 is 0. The molecule has 0 saturated carbocycles. The second-order valence-electron chi connectivity index (χ2n) is 7.58. The van der Waals surface area contributed by atoms with Gasteiger partial charge in [-0.3, -0.25) is 0 Å². The molecule has 3 atom stereocenters. The van der Waals surface area contributed by atoms with Crippen LogP contribution >= 0.6 is 0 Å². The SMILES string of the molecule is COc1c2c(cc3c1[C@H](OC)[C@H](OC)[C@@H](c1ccccc1)O3)OC(C)(C)C=C2. The first-order valence-corrected chi connectivity index (χ1v) is 9.39. The average molecular weight is 382 g/mol. The van der Waals surface area contributed by atoms with Gasteiger partial charge in [0.1, 0.15) is 35.1 Å². The fourth-order valence-electron chi connectivity index (χ4n) is 4.00. The molecule has 5 nitrogen and oxygen atoms in total. The Morgan fingerprint density at radius 3 is 2.36 bits per heavy atom. The number of methoxy groups -OCH3 is 3. The van der Waals surface area contributed by atoms with Crippen molar-refractivity contribution in [1.29, 1.82) is 0 Å². The summed E-state index contributed by atoms with van der Waals surface area (Å²) in [6.07, 6.45) is 3.09. The Morgan fingerprint density at radius 2 is 1.71 bits per heavy atom. The summed E-state index contributed by atoms with van der Waals surface area (Å²) < 4.78 is 30.1. The molecule has 5 heteroatoms. The fraction of sp³-hybridized carbons (Fsp3) is 0.391. The van der Waals surface area contributed by atoms with Crippen LogP contribution in [0.3, 0.4) is 0 Å². The Morgan fingerprint density at radius 1 is 0.964 bits per heavy atom. The van der Waals surface area contributed by atoms with Gasteiger partial charge in [0, 0.05) is 20.3 Å². The largest absolute Gasteiger partial charge is 0.495 e. The number of hydrogen-bond donors (Lipinski definition) is 0. The lowest BCUT2D eigenvalue weighted by Gasteiger charge is -2.40. The fourth-order valence-corrected chi connectivity index (χ4v) is 4.00. The molecule has 28 heavy (non-hydrogen) atoms. The molecular formula is C23H26O5. The highest BCUT2D eigenvalue weighted by Crippen LogP contribution is 2.53. The van der Waals surface area contributed by atoms with Crippen LogP contribution in [-0.4, -0.2) is 33.0 Å². The molecule has 0 amide bonds. The van der Waals surface area contributed by atoms with Crippen LogP contribution in [0.4, 0.5) is 0 Å². The number of rotatable bonds is 4. The van der Waals surface area contributed by atoms with Crippen molar-refractivity contribution in [2.45, 2.75) is 37.8 Å². The van der Waals surface area contributed by atoms with Crippen molar-refractivity contribution < 1.29 is 23.7 Å². The Bertz CT molecular complexity index is 888. The van der Waals surface area contributed by atoms with Crippen LogP contribution in [0.1, 0.15) is 42.7 Å². The standard InChI is InChI=1S/C23H26O5/c1-23(2)12-11-15-16(28-23)13-17-18(20(15)24-3)21(25-4)22(26-5)19(27-17)14-9-7-6-8-10-14/h6-13,19,21-22H,1-5H3/t19-,21+,22-/m1/s1. The highest BCUT2D eigenvalue weighted by molar-refractivity contribution is 5.72. The zero-order chi connectivity index (χ0) is 19.9. The molecule has 0 aliphatic carbocycles. The number of benzene rings is 2. The molecule has 0 bridgehead atoms. The number of ether oxygens (including phenoxy) is 5. The number of hydrogen-bond acceptors (Lipinski definition) is 5. The number of fused-ring (bicyclic) bond motifs is 2. The van der Waals surface area contributed by atoms with E-state index < -0.39 is 5.60 Å². The lowest BCUT2D eigenvalue weighted by atomic mass is 9.88. The van der Waals surface area contributed by atoms with E-state index in [9.17, 15) is 0 Å². The van der Waals surface area contributed by atoms with Crippen LogP contribution in [0.25, 0.3) is 6.08 Å². The van der Waals surface area contributed by atoms with E-state index >= 15 is 0 Å². The summed E-state index contributed by atoms with van der Waals surface area (Å²) in [4.78, 5) is 0. The maximum absolute atomic E-state index is 6.44. The Labute approximate surface area is 165 Å². The smallest absolute Gasteiger partial charge is 0.153 e. The van der Waals surface area contributed by atoms with Gasteiger partial charge in [-0.05, 0) is 31.6 Å². The van der Waals surface area contributed by atoms with E-state index in [4.69, 9.17) is 23.7 Å². The van der Waals surface area contributed by atoms with Gasteiger partial charge in [-0.25, -0.2) is 0 Å². The van der Waals surface area contributed by atoms with Gasteiger partial charge in [0.15, 0.2) is 6.10 Å². The maximum atomic E-state index is 6.44. The lowest BCUT2D eigenvalue weighted by Crippen LogP contribution is -2.37. The van der Waals surface area contributed by atoms with E-state index in [1.807, 2.05) is 62.4 Å². The highest BCUT2D eigenvalue weighted by Gasteiger charge is 2.43. The van der Waals surface area contributed by atoms with Gasteiger partial charge in [0.05, 0.1) is 18.2 Å². The van der Waals surface area contributed by atoms with Crippen LogP contribution in [-0.2, 0) is 9.47 Å². The molecule has 2 aromatic rings. The van der Waals surface area contributed by atoms with Crippen molar-refractivity contribution >= 4 is 6.08 Å². The van der Waals surface area contributed by atoms with Crippen LogP contribution in [0.2, 0.25) is 0 Å². The molecule has 0 saturated heterocycles. The summed E-state index contributed by atoms with van der Waals surface area (Å²) in [7, 11) is 5.01. The molecular weight excluding hydrogens is 356 g/mol. The topological polar surface area (TPSA) is 46.2 Å². The quantitative estimate of drug-likeness (QED) is 0.766. The van der Waals surface area contributed by atoms with Crippen molar-refractivity contribution in [3.63, 3.8) is 0 Å². The second kappa shape index (κ2) is 7.15. The average Bonchev–Trinajstić information content (AvgIpc) is 2.70. The van der Waals surface area contributed by atoms with Gasteiger partial charge in [-0.15, -0.1) is 0 Å². The van der Waals surface area contributed by atoms with Crippen LogP contribution in [0.15, 0.2) is 42.5 Å². The Kier molecular flexibility index (Phi) is 4.81. The summed E-state index contributed by atoms with van der Waals surface area (Å²) in [6.45, 7) is 4.04. The first-order chi connectivity index (χ1) is 13.5. The summed E-state index contributed by atoms with van der Waals surface area (Å²) in [5, 5.41) is 0. The summed E-state index contributed by atoms with van der Waals surface area (Å²) in [5.74, 6) is 2.12. The van der Waals surface area contributed by atoms with E-state index in [-0.39, 0.29) is 18.3 Å². The third-order valence-electron chi connectivity index (χ3n) is 5.30. The first kappa shape index (κ1) is 18.8. The van der Waals surface area contributed by atoms with E-state index in [2.05, 4.69) is 0 Å².